The molecule has 0 fully saturated rings. The van der Waals surface area contributed by atoms with Crippen molar-refractivity contribution in [3.05, 3.63) is 108 Å². The molecule has 4 rings (SSSR count). The van der Waals surface area contributed by atoms with Gasteiger partial charge in [-0.05, 0) is 45.4 Å². The van der Waals surface area contributed by atoms with Gasteiger partial charge in [-0.15, -0.1) is 0 Å². The number of rotatable bonds is 5. The smallest absolute Gasteiger partial charge is 0.0839 e. The molecule has 1 aliphatic carbocycles. The minimum atomic E-state index is -0.638. The van der Waals surface area contributed by atoms with Crippen LogP contribution in [0, 0.1) is 5.41 Å². The van der Waals surface area contributed by atoms with Gasteiger partial charge in [0.2, 0.25) is 0 Å². The first kappa shape index (κ1) is 17.2. The zero-order valence-electron chi connectivity index (χ0n) is 15.6. The predicted molar refractivity (Wildman–Crippen MR) is 116 cm³/mol. The van der Waals surface area contributed by atoms with E-state index >= 15 is 0 Å². The van der Waals surface area contributed by atoms with Crippen LogP contribution in [0.25, 0.3) is 22.8 Å². The number of fused-ring (bicyclic) bond motifs is 3. The third kappa shape index (κ3) is 2.28. The Balaban J connectivity index is 2.10. The highest BCUT2D eigenvalue weighted by Crippen LogP contribution is 2.56. The minimum absolute atomic E-state index is 0.638. The second kappa shape index (κ2) is 6.51. The summed E-state index contributed by atoms with van der Waals surface area (Å²) >= 11 is 0. The van der Waals surface area contributed by atoms with E-state index in [9.17, 15) is 0 Å². The fraction of sp³-hybridized carbons (Fsp3) is 0.115. The molecule has 0 aromatic heterocycles. The molecule has 3 aromatic rings. The number of hydrogen-bond donors (Lipinski definition) is 1. The molecule has 0 bridgehead atoms. The summed E-state index contributed by atoms with van der Waals surface area (Å²) in [5, 5.41) is 9.06. The van der Waals surface area contributed by atoms with Gasteiger partial charge in [0.1, 0.15) is 0 Å². The van der Waals surface area contributed by atoms with E-state index in [4.69, 9.17) is 5.41 Å². The van der Waals surface area contributed by atoms with E-state index in [0.29, 0.717) is 12.1 Å². The van der Waals surface area contributed by atoms with E-state index in [0.717, 1.165) is 27.8 Å². The molecule has 0 saturated carbocycles. The summed E-state index contributed by atoms with van der Waals surface area (Å²) < 4.78 is 0. The van der Waals surface area contributed by atoms with E-state index in [1.165, 1.54) is 11.1 Å². The zero-order chi connectivity index (χ0) is 19.0. The van der Waals surface area contributed by atoms with Crippen molar-refractivity contribution < 1.29 is 0 Å². The van der Waals surface area contributed by atoms with Gasteiger partial charge in [0.15, 0.2) is 0 Å². The predicted octanol–water partition coefficient (Wildman–Crippen LogP) is 6.74. The van der Waals surface area contributed by atoms with E-state index in [-0.39, 0.29) is 0 Å². The van der Waals surface area contributed by atoms with Crippen molar-refractivity contribution in [2.75, 3.05) is 0 Å². The van der Waals surface area contributed by atoms with Gasteiger partial charge >= 0.3 is 0 Å². The van der Waals surface area contributed by atoms with Crippen LogP contribution in [-0.4, -0.2) is 5.71 Å². The molecule has 0 radical (unpaired) electrons. The average Bonchev–Trinajstić information content (AvgIpc) is 3.04. The molecule has 0 saturated heterocycles. The summed E-state index contributed by atoms with van der Waals surface area (Å²) in [7, 11) is 0. The summed E-state index contributed by atoms with van der Waals surface area (Å²) in [4.78, 5) is 0. The molecule has 1 N–H and O–H groups in total. The molecule has 1 aliphatic rings. The third-order valence-electron chi connectivity index (χ3n) is 5.72. The number of benzene rings is 3. The number of nitrogens with one attached hydrogen (secondary N) is 1. The van der Waals surface area contributed by atoms with Crippen LogP contribution in [0.15, 0.2) is 86.0 Å². The van der Waals surface area contributed by atoms with E-state index in [1.54, 1.807) is 0 Å². The maximum atomic E-state index is 9.06. The normalized spacial score (nSPS) is 13.5. The largest absolute Gasteiger partial charge is 0.308 e. The fourth-order valence-corrected chi connectivity index (χ4v) is 4.48. The maximum absolute atomic E-state index is 9.06. The quantitative estimate of drug-likeness (QED) is 0.493. The first-order valence-corrected chi connectivity index (χ1v) is 9.34. The first-order valence-electron chi connectivity index (χ1n) is 9.34. The Hall–Kier alpha value is -3.19. The molecule has 0 aliphatic heterocycles. The summed E-state index contributed by atoms with van der Waals surface area (Å²) in [6, 6.07) is 25.1. The monoisotopic (exact) mass is 349 g/mol. The van der Waals surface area contributed by atoms with Crippen molar-refractivity contribution in [3.8, 4) is 11.1 Å². The highest BCUT2D eigenvalue weighted by molar-refractivity contribution is 6.13. The highest BCUT2D eigenvalue weighted by atomic mass is 14.6. The van der Waals surface area contributed by atoms with E-state index in [2.05, 4.69) is 80.7 Å². The molecule has 0 heterocycles. The molecular weight excluding hydrogens is 326 g/mol. The zero-order valence-corrected chi connectivity index (χ0v) is 15.6. The minimum Gasteiger partial charge on any atom is -0.308 e. The van der Waals surface area contributed by atoms with Crippen LogP contribution in [0.3, 0.4) is 0 Å². The molecule has 132 valence electrons. The molecule has 0 spiro atoms. The Bertz CT molecular complexity index is 1030. The lowest BCUT2D eigenvalue weighted by Crippen LogP contribution is -2.35. The van der Waals surface area contributed by atoms with Crippen molar-refractivity contribution >= 4 is 17.4 Å². The standard InChI is InChI=1S/C26H23N/c1-4-19-12-6-7-13-20(19)18(3)26(25(27)5-2)23-16-10-8-14-21(23)22-15-9-11-17-24(22)26/h4,6-17,27H,1,3,5H2,2H3. The lowest BCUT2D eigenvalue weighted by molar-refractivity contribution is 0.883. The maximum Gasteiger partial charge on any atom is 0.0839 e. The van der Waals surface area contributed by atoms with Crippen molar-refractivity contribution in [3.63, 3.8) is 0 Å². The van der Waals surface area contributed by atoms with Crippen molar-refractivity contribution in [1.82, 2.24) is 0 Å². The molecular formula is C26H23N. The first-order chi connectivity index (χ1) is 13.2. The van der Waals surface area contributed by atoms with E-state index < -0.39 is 5.41 Å². The van der Waals surface area contributed by atoms with Gasteiger partial charge in [-0.2, -0.15) is 0 Å². The summed E-state index contributed by atoms with van der Waals surface area (Å²) in [6.45, 7) is 10.6. The van der Waals surface area contributed by atoms with Crippen molar-refractivity contribution in [2.24, 2.45) is 0 Å². The van der Waals surface area contributed by atoms with Crippen LogP contribution in [0.2, 0.25) is 0 Å². The number of allylic oxidation sites excluding steroid dienone is 1. The Morgan fingerprint density at radius 1 is 0.889 bits per heavy atom. The van der Waals surface area contributed by atoms with Gasteiger partial charge in [0, 0.05) is 5.71 Å². The summed E-state index contributed by atoms with van der Waals surface area (Å²) in [5.41, 5.74) is 7.79. The van der Waals surface area contributed by atoms with Gasteiger partial charge in [0.25, 0.3) is 0 Å². The highest BCUT2D eigenvalue weighted by Gasteiger charge is 2.48. The lowest BCUT2D eigenvalue weighted by atomic mass is 9.66. The molecule has 3 aromatic carbocycles. The van der Waals surface area contributed by atoms with Crippen molar-refractivity contribution in [2.45, 2.75) is 18.8 Å². The second-order valence-electron chi connectivity index (χ2n) is 6.94. The van der Waals surface area contributed by atoms with Crippen LogP contribution >= 0.6 is 0 Å². The van der Waals surface area contributed by atoms with Gasteiger partial charge in [-0.3, -0.25) is 0 Å². The Morgan fingerprint density at radius 3 is 1.96 bits per heavy atom. The van der Waals surface area contributed by atoms with E-state index in [1.807, 2.05) is 18.2 Å². The Labute approximate surface area is 161 Å². The molecule has 0 unspecified atom stereocenters. The lowest BCUT2D eigenvalue weighted by Gasteiger charge is -2.35. The Kier molecular flexibility index (Phi) is 4.16. The molecule has 0 atom stereocenters. The van der Waals surface area contributed by atoms with Crippen LogP contribution in [0.1, 0.15) is 35.6 Å². The third-order valence-corrected chi connectivity index (χ3v) is 5.72. The summed E-state index contributed by atoms with van der Waals surface area (Å²) in [6.07, 6.45) is 2.54. The molecule has 1 heteroatoms. The second-order valence-corrected chi connectivity index (χ2v) is 6.94. The molecule has 0 amide bonds. The topological polar surface area (TPSA) is 23.9 Å². The van der Waals surface area contributed by atoms with Crippen LogP contribution < -0.4 is 0 Å². The van der Waals surface area contributed by atoms with Gasteiger partial charge in [0.05, 0.1) is 5.41 Å². The SMILES string of the molecule is C=Cc1ccccc1C(=C)C1(C(=N)CC)c2ccccc2-c2ccccc21. The van der Waals surface area contributed by atoms with Gasteiger partial charge < -0.3 is 5.41 Å². The Morgan fingerprint density at radius 2 is 1.41 bits per heavy atom. The van der Waals surface area contributed by atoms with Crippen molar-refractivity contribution in [1.29, 1.82) is 5.41 Å². The summed E-state index contributed by atoms with van der Waals surface area (Å²) in [5.74, 6) is 0. The van der Waals surface area contributed by atoms with Crippen LogP contribution in [-0.2, 0) is 5.41 Å². The van der Waals surface area contributed by atoms with Crippen LogP contribution in [0.5, 0.6) is 0 Å². The average molecular weight is 349 g/mol. The number of hydrogen-bond acceptors (Lipinski definition) is 1. The van der Waals surface area contributed by atoms with Gasteiger partial charge in [-0.1, -0.05) is 99.0 Å². The van der Waals surface area contributed by atoms with Gasteiger partial charge in [-0.25, -0.2) is 0 Å². The molecule has 1 nitrogen and oxygen atoms in total. The fourth-order valence-electron chi connectivity index (χ4n) is 4.48. The molecule has 27 heavy (non-hydrogen) atoms. The van der Waals surface area contributed by atoms with Crippen LogP contribution in [0.4, 0.5) is 0 Å².